The summed E-state index contributed by atoms with van der Waals surface area (Å²) in [5, 5.41) is 10.2. The van der Waals surface area contributed by atoms with Crippen molar-refractivity contribution in [1.29, 1.82) is 0 Å². The summed E-state index contributed by atoms with van der Waals surface area (Å²) in [5.74, 6) is 0.916. The molecule has 3 aliphatic carbocycles. The molecule has 3 unspecified atom stereocenters. The van der Waals surface area contributed by atoms with Gasteiger partial charge in [-0.25, -0.2) is 0 Å². The third kappa shape index (κ3) is 3.61. The highest BCUT2D eigenvalue weighted by Crippen LogP contribution is 2.39. The van der Waals surface area contributed by atoms with E-state index in [1.54, 1.807) is 0 Å². The van der Waals surface area contributed by atoms with Gasteiger partial charge in [-0.3, -0.25) is 0 Å². The van der Waals surface area contributed by atoms with E-state index in [0.29, 0.717) is 11.8 Å². The molecule has 0 heterocycles. The summed E-state index contributed by atoms with van der Waals surface area (Å²) in [4.78, 5) is 0. The molecule has 3 N–H and O–H groups in total. The number of anilines is 1. The largest absolute Gasteiger partial charge is 0.398 e. The fraction of sp³-hybridized carbons (Fsp3) is 0.333. The highest BCUT2D eigenvalue weighted by Gasteiger charge is 2.27. The maximum absolute atomic E-state index is 10.2. The summed E-state index contributed by atoms with van der Waals surface area (Å²) in [7, 11) is 0. The molecule has 1 aromatic rings. The second-order valence-electron chi connectivity index (χ2n) is 7.99. The quantitative estimate of drug-likeness (QED) is 0.639. The van der Waals surface area contributed by atoms with E-state index in [2.05, 4.69) is 61.5 Å². The minimum atomic E-state index is -0.201. The minimum absolute atomic E-state index is 0.201. The van der Waals surface area contributed by atoms with Crippen molar-refractivity contribution in [2.24, 2.45) is 5.92 Å². The van der Waals surface area contributed by atoms with Crippen LogP contribution >= 0.6 is 0 Å². The van der Waals surface area contributed by atoms with Gasteiger partial charge in [-0.15, -0.1) is 0 Å². The monoisotopic (exact) mass is 345 g/mol. The molecule has 3 atom stereocenters. The summed E-state index contributed by atoms with van der Waals surface area (Å²) in [6.45, 7) is 2.23. The second-order valence-corrected chi connectivity index (χ2v) is 7.99. The van der Waals surface area contributed by atoms with E-state index in [9.17, 15) is 5.11 Å². The Labute approximate surface area is 156 Å². The zero-order valence-corrected chi connectivity index (χ0v) is 15.4. The van der Waals surface area contributed by atoms with Crippen molar-refractivity contribution >= 4 is 5.69 Å². The van der Waals surface area contributed by atoms with E-state index >= 15 is 0 Å². The maximum Gasteiger partial charge on any atom is 0.0548 e. The molecule has 0 bridgehead atoms. The molecule has 0 spiro atoms. The first kappa shape index (κ1) is 17.1. The predicted molar refractivity (Wildman–Crippen MR) is 108 cm³/mol. The number of hydrogen-bond acceptors (Lipinski definition) is 2. The summed E-state index contributed by atoms with van der Waals surface area (Å²) < 4.78 is 0. The Hall–Kier alpha value is -2.32. The van der Waals surface area contributed by atoms with Gasteiger partial charge in [0.25, 0.3) is 0 Å². The smallest absolute Gasteiger partial charge is 0.0548 e. The molecule has 1 aromatic carbocycles. The Morgan fingerprint density at radius 2 is 1.62 bits per heavy atom. The number of benzene rings is 1. The lowest BCUT2D eigenvalue weighted by molar-refractivity contribution is 0.0947. The predicted octanol–water partition coefficient (Wildman–Crippen LogP) is 5.23. The Bertz CT molecular complexity index is 831. The van der Waals surface area contributed by atoms with Crippen LogP contribution in [0.4, 0.5) is 5.69 Å². The van der Waals surface area contributed by atoms with E-state index in [1.807, 2.05) is 6.07 Å². The van der Waals surface area contributed by atoms with Crippen LogP contribution in [0.5, 0.6) is 0 Å². The van der Waals surface area contributed by atoms with Crippen molar-refractivity contribution in [3.63, 3.8) is 0 Å². The first-order valence-electron chi connectivity index (χ1n) is 9.62. The summed E-state index contributed by atoms with van der Waals surface area (Å²) in [5.41, 5.74) is 13.6. The normalized spacial score (nSPS) is 23.2. The van der Waals surface area contributed by atoms with Gasteiger partial charge in [0.15, 0.2) is 0 Å². The van der Waals surface area contributed by atoms with Gasteiger partial charge in [0.1, 0.15) is 0 Å². The second kappa shape index (κ2) is 7.13. The molecule has 1 saturated carbocycles. The average Bonchev–Trinajstić information content (AvgIpc) is 2.84. The first-order valence-corrected chi connectivity index (χ1v) is 9.62. The molecular formula is C24H27NO. The van der Waals surface area contributed by atoms with Crippen LogP contribution in [0.2, 0.25) is 0 Å². The van der Waals surface area contributed by atoms with Crippen LogP contribution in [0.1, 0.15) is 48.8 Å². The number of aliphatic hydroxyl groups is 1. The van der Waals surface area contributed by atoms with E-state index in [4.69, 9.17) is 5.73 Å². The van der Waals surface area contributed by atoms with Crippen molar-refractivity contribution < 1.29 is 5.11 Å². The van der Waals surface area contributed by atoms with Crippen LogP contribution in [0.15, 0.2) is 60.7 Å². The fourth-order valence-corrected chi connectivity index (χ4v) is 4.53. The molecule has 0 saturated heterocycles. The third-order valence-corrected chi connectivity index (χ3v) is 5.71. The van der Waals surface area contributed by atoms with Crippen molar-refractivity contribution in [3.8, 4) is 11.1 Å². The van der Waals surface area contributed by atoms with Gasteiger partial charge in [0.2, 0.25) is 0 Å². The Kier molecular flexibility index (Phi) is 4.69. The zero-order valence-electron chi connectivity index (χ0n) is 15.4. The average molecular weight is 345 g/mol. The third-order valence-electron chi connectivity index (χ3n) is 5.71. The van der Waals surface area contributed by atoms with Gasteiger partial charge < -0.3 is 10.8 Å². The minimum Gasteiger partial charge on any atom is -0.398 e. The number of aliphatic hydroxyl groups excluding tert-OH is 1. The van der Waals surface area contributed by atoms with Crippen LogP contribution in [-0.4, -0.2) is 11.2 Å². The van der Waals surface area contributed by atoms with Crippen LogP contribution in [0, 0.1) is 5.92 Å². The van der Waals surface area contributed by atoms with E-state index in [-0.39, 0.29) is 6.10 Å². The molecule has 2 nitrogen and oxygen atoms in total. The van der Waals surface area contributed by atoms with Gasteiger partial charge in [-0.1, -0.05) is 61.5 Å². The summed E-state index contributed by atoms with van der Waals surface area (Å²) >= 11 is 0. The number of hydrogen-bond donors (Lipinski definition) is 2. The van der Waals surface area contributed by atoms with Crippen LogP contribution in [0.25, 0.3) is 11.1 Å². The van der Waals surface area contributed by atoms with Gasteiger partial charge in [-0.05, 0) is 71.4 Å². The summed E-state index contributed by atoms with van der Waals surface area (Å²) in [6, 6.07) is 21.6. The first-order chi connectivity index (χ1) is 12.6. The van der Waals surface area contributed by atoms with Crippen LogP contribution in [-0.2, 0) is 6.42 Å². The molecule has 134 valence electrons. The van der Waals surface area contributed by atoms with E-state index < -0.39 is 0 Å². The van der Waals surface area contributed by atoms with Crippen molar-refractivity contribution in [2.75, 3.05) is 5.73 Å². The Balaban J connectivity index is 1.60. The number of fused-ring (bicyclic) bond motifs is 1. The van der Waals surface area contributed by atoms with Crippen LogP contribution in [0.3, 0.4) is 0 Å². The van der Waals surface area contributed by atoms with E-state index in [1.165, 1.54) is 27.8 Å². The molecule has 1 fully saturated rings. The highest BCUT2D eigenvalue weighted by atomic mass is 16.3. The zero-order chi connectivity index (χ0) is 18.1. The number of rotatable bonds is 3. The lowest BCUT2D eigenvalue weighted by Crippen LogP contribution is -2.24. The number of nitrogens with two attached hydrogens (primary N) is 1. The molecule has 0 aliphatic heterocycles. The molecule has 2 heteroatoms. The van der Waals surface area contributed by atoms with E-state index in [0.717, 1.165) is 31.4 Å². The van der Waals surface area contributed by atoms with Gasteiger partial charge in [0, 0.05) is 5.69 Å². The van der Waals surface area contributed by atoms with Gasteiger partial charge >= 0.3 is 0 Å². The molecular weight excluding hydrogens is 318 g/mol. The molecule has 0 amide bonds. The van der Waals surface area contributed by atoms with Crippen molar-refractivity contribution in [3.05, 3.63) is 77.4 Å². The molecule has 0 aromatic heterocycles. The molecule has 3 aliphatic rings. The topological polar surface area (TPSA) is 46.2 Å². The lowest BCUT2D eigenvalue weighted by Gasteiger charge is -2.31. The molecule has 4 rings (SSSR count). The Morgan fingerprint density at radius 1 is 0.885 bits per heavy atom. The Morgan fingerprint density at radius 3 is 2.31 bits per heavy atom. The lowest BCUT2D eigenvalue weighted by atomic mass is 9.76. The molecule has 26 heavy (non-hydrogen) atoms. The van der Waals surface area contributed by atoms with Gasteiger partial charge in [0.05, 0.1) is 6.10 Å². The maximum atomic E-state index is 10.2. The van der Waals surface area contributed by atoms with Gasteiger partial charge in [-0.2, -0.15) is 0 Å². The van der Waals surface area contributed by atoms with Crippen molar-refractivity contribution in [2.45, 2.75) is 44.6 Å². The van der Waals surface area contributed by atoms with Crippen molar-refractivity contribution in [1.82, 2.24) is 0 Å². The standard InChI is InChI=1S/C24H27NO/c1-16-9-21(15-22(26)10-16)23-14-17(7-8-24(23)25)11-18-12-19-5-3-2-4-6-20(19)13-18/h2-8,12-14,16,21-22,26H,9-11,15,25H2,1H3. The van der Waals surface area contributed by atoms with Crippen LogP contribution < -0.4 is 5.73 Å². The SMILES string of the molecule is CC1CC(O)CC(c2cc(Cc3cc4cccccc-4c3)ccc2N)C1. The number of nitrogen functional groups attached to an aromatic ring is 1. The molecule has 0 radical (unpaired) electrons. The fourth-order valence-electron chi connectivity index (χ4n) is 4.53. The summed E-state index contributed by atoms with van der Waals surface area (Å²) in [6.07, 6.45) is 3.56. The highest BCUT2D eigenvalue weighted by molar-refractivity contribution is 5.68.